The molecule has 0 unspecified atom stereocenters. The van der Waals surface area contributed by atoms with E-state index < -0.39 is 10.0 Å². The molecule has 2 aliphatic rings. The van der Waals surface area contributed by atoms with Crippen molar-refractivity contribution in [1.82, 2.24) is 19.3 Å². The first-order valence-electron chi connectivity index (χ1n) is 12.7. The molecule has 2 saturated heterocycles. The average molecular weight is 542 g/mol. The number of piperazine rings is 1. The van der Waals surface area contributed by atoms with Crippen molar-refractivity contribution >= 4 is 44.0 Å². The largest absolute Gasteiger partial charge is 0.371 e. The number of hydrogen-bond acceptors (Lipinski definition) is 6. The van der Waals surface area contributed by atoms with Crippen molar-refractivity contribution in [2.24, 2.45) is 0 Å². The molecule has 0 N–H and O–H groups in total. The van der Waals surface area contributed by atoms with Gasteiger partial charge in [0.25, 0.3) is 5.91 Å². The number of sulfonamides is 1. The van der Waals surface area contributed by atoms with E-state index >= 15 is 0 Å². The van der Waals surface area contributed by atoms with Gasteiger partial charge in [-0.2, -0.15) is 4.31 Å². The van der Waals surface area contributed by atoms with Crippen LogP contribution in [0.3, 0.4) is 0 Å². The van der Waals surface area contributed by atoms with Crippen molar-refractivity contribution in [1.29, 1.82) is 0 Å². The second-order valence-corrected chi connectivity index (χ2v) is 12.0. The number of rotatable bonds is 6. The molecule has 1 amide bonds. The summed E-state index contributed by atoms with van der Waals surface area (Å²) in [5, 5.41) is 6.00. The van der Waals surface area contributed by atoms with Crippen LogP contribution in [0.25, 0.3) is 10.8 Å². The van der Waals surface area contributed by atoms with Gasteiger partial charge in [-0.3, -0.25) is 14.8 Å². The topological polar surface area (TPSA) is 77.1 Å². The molecule has 2 aromatic carbocycles. The minimum Gasteiger partial charge on any atom is -0.371 e. The first-order chi connectivity index (χ1) is 17.8. The van der Waals surface area contributed by atoms with Crippen LogP contribution in [0.5, 0.6) is 0 Å². The first-order valence-corrected chi connectivity index (χ1v) is 14.5. The molecule has 0 radical (unpaired) electrons. The van der Waals surface area contributed by atoms with Crippen molar-refractivity contribution in [2.45, 2.75) is 37.1 Å². The fraction of sp³-hybridized carbons (Fsp3) is 0.407. The van der Waals surface area contributed by atoms with Crippen LogP contribution in [-0.4, -0.2) is 79.4 Å². The average Bonchev–Trinajstić information content (AvgIpc) is 2.92. The minimum absolute atomic E-state index is 0.166. The zero-order valence-corrected chi connectivity index (χ0v) is 22.7. The number of hydrazine groups is 1. The number of carbonyl (C=O) groups is 1. The maximum absolute atomic E-state index is 13.3. The second-order valence-electron chi connectivity index (χ2n) is 9.66. The van der Waals surface area contributed by atoms with E-state index in [9.17, 15) is 13.2 Å². The third-order valence-electron chi connectivity index (χ3n) is 7.47. The third kappa shape index (κ3) is 5.31. The fourth-order valence-electron chi connectivity index (χ4n) is 5.24. The maximum atomic E-state index is 13.3. The number of anilines is 1. The van der Waals surface area contributed by atoms with Crippen LogP contribution in [0, 0.1) is 0 Å². The SMILES string of the molecule is CCc1cc(N2CCC(N(C)N3CCN(S(=O)(=O)c4ccc5cc(Cl)ccc5c4)CC3=O)CC2)ccn1. The molecule has 3 aromatic rings. The molecule has 5 rings (SSSR count). The van der Waals surface area contributed by atoms with Gasteiger partial charge in [-0.1, -0.05) is 30.7 Å². The molecular weight excluding hydrogens is 510 g/mol. The summed E-state index contributed by atoms with van der Waals surface area (Å²) < 4.78 is 28.0. The summed E-state index contributed by atoms with van der Waals surface area (Å²) >= 11 is 6.05. The number of piperidine rings is 1. The second kappa shape index (κ2) is 10.6. The summed E-state index contributed by atoms with van der Waals surface area (Å²) in [5.41, 5.74) is 2.28. The van der Waals surface area contributed by atoms with E-state index in [-0.39, 0.29) is 29.9 Å². The number of benzene rings is 2. The molecule has 0 aliphatic carbocycles. The molecule has 0 atom stereocenters. The van der Waals surface area contributed by atoms with Crippen LogP contribution in [0.15, 0.2) is 59.6 Å². The highest BCUT2D eigenvalue weighted by Crippen LogP contribution is 2.27. The van der Waals surface area contributed by atoms with Crippen molar-refractivity contribution in [3.8, 4) is 0 Å². The van der Waals surface area contributed by atoms with Crippen LogP contribution < -0.4 is 4.90 Å². The van der Waals surface area contributed by atoms with Crippen molar-refractivity contribution in [3.05, 3.63) is 65.4 Å². The summed E-state index contributed by atoms with van der Waals surface area (Å²) in [6.07, 6.45) is 4.62. The zero-order valence-electron chi connectivity index (χ0n) is 21.2. The molecule has 2 aliphatic heterocycles. The summed E-state index contributed by atoms with van der Waals surface area (Å²) in [5.74, 6) is -0.200. The zero-order chi connectivity index (χ0) is 26.2. The Morgan fingerprint density at radius 2 is 1.73 bits per heavy atom. The van der Waals surface area contributed by atoms with E-state index in [1.807, 2.05) is 18.3 Å². The van der Waals surface area contributed by atoms with E-state index in [2.05, 4.69) is 28.9 Å². The molecule has 8 nitrogen and oxygen atoms in total. The van der Waals surface area contributed by atoms with Gasteiger partial charge < -0.3 is 4.90 Å². The van der Waals surface area contributed by atoms with Crippen LogP contribution in [-0.2, 0) is 21.2 Å². The monoisotopic (exact) mass is 541 g/mol. The van der Waals surface area contributed by atoms with Gasteiger partial charge in [-0.15, -0.1) is 0 Å². The molecule has 37 heavy (non-hydrogen) atoms. The Balaban J connectivity index is 1.21. The molecule has 2 fully saturated rings. The van der Waals surface area contributed by atoms with Gasteiger partial charge in [0, 0.05) is 55.3 Å². The number of carbonyl (C=O) groups excluding carboxylic acids is 1. The standard InChI is InChI=1S/C27H32ClN5O3S/c1-3-23-18-25(8-11-29-23)31-12-9-24(10-13-31)30(2)33-15-14-32(19-27(33)34)37(35,36)26-7-5-20-16-22(28)6-4-21(20)17-26/h4-8,11,16-18,24H,3,9-10,12-15,19H2,1-2H3. The lowest BCUT2D eigenvalue weighted by Gasteiger charge is -2.45. The molecule has 0 bridgehead atoms. The van der Waals surface area contributed by atoms with Gasteiger partial charge in [-0.25, -0.2) is 13.4 Å². The van der Waals surface area contributed by atoms with Gasteiger partial charge in [-0.05, 0) is 66.4 Å². The smallest absolute Gasteiger partial charge is 0.252 e. The summed E-state index contributed by atoms with van der Waals surface area (Å²) in [7, 11) is -1.85. The first kappa shape index (κ1) is 25.9. The Kier molecular flexibility index (Phi) is 7.40. The number of nitrogens with zero attached hydrogens (tertiary/aromatic N) is 5. The van der Waals surface area contributed by atoms with E-state index in [4.69, 9.17) is 11.6 Å². The van der Waals surface area contributed by atoms with Gasteiger partial charge >= 0.3 is 0 Å². The number of halogens is 1. The van der Waals surface area contributed by atoms with Gasteiger partial charge in [0.05, 0.1) is 18.0 Å². The molecule has 10 heteroatoms. The number of aryl methyl sites for hydroxylation is 1. The predicted octanol–water partition coefficient (Wildman–Crippen LogP) is 3.80. The Morgan fingerprint density at radius 1 is 1.00 bits per heavy atom. The normalized spacial score (nSPS) is 18.2. The lowest BCUT2D eigenvalue weighted by Crippen LogP contribution is -2.60. The fourth-order valence-corrected chi connectivity index (χ4v) is 6.83. The van der Waals surface area contributed by atoms with Crippen LogP contribution in [0.1, 0.15) is 25.5 Å². The highest BCUT2D eigenvalue weighted by atomic mass is 35.5. The molecule has 0 saturated carbocycles. The molecular formula is C27H32ClN5O3S. The number of aromatic nitrogens is 1. The number of amides is 1. The van der Waals surface area contributed by atoms with Crippen molar-refractivity contribution in [3.63, 3.8) is 0 Å². The predicted molar refractivity (Wildman–Crippen MR) is 146 cm³/mol. The molecule has 1 aromatic heterocycles. The quantitative estimate of drug-likeness (QED) is 0.472. The Bertz CT molecular complexity index is 1410. The summed E-state index contributed by atoms with van der Waals surface area (Å²) in [6, 6.07) is 14.7. The van der Waals surface area contributed by atoms with Crippen LogP contribution in [0.4, 0.5) is 5.69 Å². The Labute approximate surface area is 223 Å². The van der Waals surface area contributed by atoms with Crippen molar-refractivity contribution in [2.75, 3.05) is 44.7 Å². The number of pyridine rings is 1. The maximum Gasteiger partial charge on any atom is 0.252 e. The molecule has 3 heterocycles. The van der Waals surface area contributed by atoms with Gasteiger partial charge in [0.2, 0.25) is 10.0 Å². The number of hydrogen-bond donors (Lipinski definition) is 0. The summed E-state index contributed by atoms with van der Waals surface area (Å²) in [4.78, 5) is 20.1. The molecule has 196 valence electrons. The van der Waals surface area contributed by atoms with E-state index in [1.165, 1.54) is 9.99 Å². The van der Waals surface area contributed by atoms with Crippen LogP contribution in [0.2, 0.25) is 5.02 Å². The Hall–Kier alpha value is -2.72. The number of fused-ring (bicyclic) bond motifs is 1. The lowest BCUT2D eigenvalue weighted by atomic mass is 10.0. The van der Waals surface area contributed by atoms with Crippen LogP contribution >= 0.6 is 11.6 Å². The minimum atomic E-state index is -3.79. The van der Waals surface area contributed by atoms with E-state index in [1.54, 1.807) is 41.4 Å². The van der Waals surface area contributed by atoms with E-state index in [0.29, 0.717) is 11.6 Å². The van der Waals surface area contributed by atoms with Gasteiger partial charge in [0.15, 0.2) is 0 Å². The van der Waals surface area contributed by atoms with Crippen molar-refractivity contribution < 1.29 is 13.2 Å². The summed E-state index contributed by atoms with van der Waals surface area (Å²) in [6.45, 7) is 4.33. The lowest BCUT2D eigenvalue weighted by molar-refractivity contribution is -0.156. The Morgan fingerprint density at radius 3 is 2.46 bits per heavy atom. The highest BCUT2D eigenvalue weighted by molar-refractivity contribution is 7.89. The highest BCUT2D eigenvalue weighted by Gasteiger charge is 2.36. The van der Waals surface area contributed by atoms with E-state index in [0.717, 1.165) is 48.8 Å². The third-order valence-corrected chi connectivity index (χ3v) is 9.55. The van der Waals surface area contributed by atoms with Gasteiger partial charge in [0.1, 0.15) is 0 Å². The molecule has 0 spiro atoms.